The first kappa shape index (κ1) is 20.9. The summed E-state index contributed by atoms with van der Waals surface area (Å²) in [6.07, 6.45) is 3.54. The van der Waals surface area contributed by atoms with Crippen molar-refractivity contribution < 1.29 is 0 Å². The average Bonchev–Trinajstić information content (AvgIpc) is 2.55. The Labute approximate surface area is 164 Å². The Kier molecular flexibility index (Phi) is 7.36. The number of fused-ring (bicyclic) bond motifs is 1. The van der Waals surface area contributed by atoms with E-state index in [0.717, 1.165) is 27.7 Å². The fraction of sp³-hybridized carbons (Fsp3) is 0.118. The second-order valence-electron chi connectivity index (χ2n) is 5.35. The molecule has 0 saturated heterocycles. The van der Waals surface area contributed by atoms with E-state index < -0.39 is 0 Å². The van der Waals surface area contributed by atoms with Crippen molar-refractivity contribution in [3.8, 4) is 11.1 Å². The highest BCUT2D eigenvalue weighted by molar-refractivity contribution is 7.80. The van der Waals surface area contributed by atoms with Crippen LogP contribution in [0.5, 0.6) is 0 Å². The summed E-state index contributed by atoms with van der Waals surface area (Å²) in [4.78, 5) is 10.9. The van der Waals surface area contributed by atoms with E-state index in [1.165, 1.54) is 0 Å². The smallest absolute Gasteiger partial charge is 0.169 e. The van der Waals surface area contributed by atoms with Crippen LogP contribution in [-0.2, 0) is 0 Å². The van der Waals surface area contributed by atoms with Gasteiger partial charge >= 0.3 is 0 Å². The van der Waals surface area contributed by atoms with Crippen molar-refractivity contribution in [2.75, 3.05) is 24.3 Å². The van der Waals surface area contributed by atoms with E-state index in [2.05, 4.69) is 44.5 Å². The van der Waals surface area contributed by atoms with Crippen LogP contribution in [0.15, 0.2) is 48.8 Å². The fourth-order valence-electron chi connectivity index (χ4n) is 2.45. The molecule has 0 aliphatic carbocycles. The zero-order valence-electron chi connectivity index (χ0n) is 13.8. The van der Waals surface area contributed by atoms with Gasteiger partial charge in [0.05, 0.1) is 0 Å². The van der Waals surface area contributed by atoms with Crippen LogP contribution in [0.4, 0.5) is 11.5 Å². The van der Waals surface area contributed by atoms with E-state index >= 15 is 0 Å². The molecule has 0 fully saturated rings. The van der Waals surface area contributed by atoms with Crippen LogP contribution in [0.25, 0.3) is 22.0 Å². The molecule has 3 aromatic rings. The summed E-state index contributed by atoms with van der Waals surface area (Å²) in [5.74, 6) is 0.571. The lowest BCUT2D eigenvalue weighted by molar-refractivity contribution is 1.13. The van der Waals surface area contributed by atoms with E-state index in [0.29, 0.717) is 5.82 Å². The molecule has 3 rings (SSSR count). The van der Waals surface area contributed by atoms with Crippen molar-refractivity contribution in [1.82, 2.24) is 9.97 Å². The molecular weight excluding hydrogens is 377 g/mol. The fourth-order valence-corrected chi connectivity index (χ4v) is 2.55. The summed E-state index contributed by atoms with van der Waals surface area (Å²) < 4.78 is 0. The molecule has 8 heteroatoms. The molecule has 0 atom stereocenters. The summed E-state index contributed by atoms with van der Waals surface area (Å²) in [5.41, 5.74) is 9.56. The predicted octanol–water partition coefficient (Wildman–Crippen LogP) is 3.86. The summed E-state index contributed by atoms with van der Waals surface area (Å²) >= 11 is 4.90. The third kappa shape index (κ3) is 4.48. The highest BCUT2D eigenvalue weighted by Gasteiger charge is 2.10. The van der Waals surface area contributed by atoms with Gasteiger partial charge in [-0.3, -0.25) is 4.98 Å². The largest absolute Gasteiger partial charge is 0.378 e. The lowest BCUT2D eigenvalue weighted by Crippen LogP contribution is -2.20. The van der Waals surface area contributed by atoms with Crippen molar-refractivity contribution in [2.45, 2.75) is 0 Å². The van der Waals surface area contributed by atoms with Crippen LogP contribution in [0.2, 0.25) is 0 Å². The van der Waals surface area contributed by atoms with Gasteiger partial charge in [0.1, 0.15) is 5.52 Å². The SMILES string of the molecule is CN(C)c1ccc(-c2cnc(NC(N)=S)c3ncccc23)cc1.Cl.Cl. The van der Waals surface area contributed by atoms with Gasteiger partial charge in [-0.15, -0.1) is 24.8 Å². The van der Waals surface area contributed by atoms with Gasteiger partial charge in [0.25, 0.3) is 0 Å². The molecule has 5 nitrogen and oxygen atoms in total. The number of pyridine rings is 2. The molecule has 2 heterocycles. The summed E-state index contributed by atoms with van der Waals surface area (Å²) in [7, 11) is 4.04. The number of benzene rings is 1. The van der Waals surface area contributed by atoms with Gasteiger partial charge in [-0.05, 0) is 36.0 Å². The molecule has 0 aliphatic rings. The molecule has 25 heavy (non-hydrogen) atoms. The van der Waals surface area contributed by atoms with Gasteiger partial charge < -0.3 is 16.0 Å². The Hall–Kier alpha value is -2.15. The maximum atomic E-state index is 5.56. The molecule has 0 spiro atoms. The summed E-state index contributed by atoms with van der Waals surface area (Å²) in [6.45, 7) is 0. The van der Waals surface area contributed by atoms with Gasteiger partial charge in [-0.1, -0.05) is 18.2 Å². The monoisotopic (exact) mass is 395 g/mol. The summed E-state index contributed by atoms with van der Waals surface area (Å²) in [5, 5.41) is 4.05. The molecule has 0 amide bonds. The van der Waals surface area contributed by atoms with E-state index in [-0.39, 0.29) is 29.9 Å². The number of aromatic nitrogens is 2. The number of hydrogen-bond donors (Lipinski definition) is 2. The first-order valence-corrected chi connectivity index (χ1v) is 7.55. The maximum Gasteiger partial charge on any atom is 0.169 e. The van der Waals surface area contributed by atoms with Crippen molar-refractivity contribution in [3.05, 3.63) is 48.8 Å². The van der Waals surface area contributed by atoms with Crippen LogP contribution < -0.4 is 16.0 Å². The van der Waals surface area contributed by atoms with Crippen LogP contribution >= 0.6 is 37.0 Å². The molecule has 1 aromatic carbocycles. The third-order valence-electron chi connectivity index (χ3n) is 3.58. The topological polar surface area (TPSA) is 67.1 Å². The standard InChI is InChI=1S/C17H17N5S.2ClH/c1-22(2)12-7-5-11(6-8-12)14-10-20-16(21-17(18)23)15-13(14)4-3-9-19-15;;/h3-10H,1-2H3,(H3,18,20,21,23);2*1H. The number of thiocarbonyl (C=S) groups is 1. The van der Waals surface area contributed by atoms with Crippen molar-refractivity contribution in [3.63, 3.8) is 0 Å². The van der Waals surface area contributed by atoms with Crippen LogP contribution in [0.1, 0.15) is 0 Å². The highest BCUT2D eigenvalue weighted by atomic mass is 35.5. The maximum absolute atomic E-state index is 5.56. The highest BCUT2D eigenvalue weighted by Crippen LogP contribution is 2.31. The van der Waals surface area contributed by atoms with E-state index in [1.807, 2.05) is 32.4 Å². The lowest BCUT2D eigenvalue weighted by Gasteiger charge is -2.14. The quantitative estimate of drug-likeness (QED) is 0.656. The molecule has 0 unspecified atom stereocenters. The number of nitrogens with zero attached hydrogens (tertiary/aromatic N) is 3. The molecule has 0 aliphatic heterocycles. The second kappa shape index (κ2) is 8.80. The number of nitrogens with one attached hydrogen (secondary N) is 1. The molecule has 2 aromatic heterocycles. The third-order valence-corrected chi connectivity index (χ3v) is 3.68. The second-order valence-corrected chi connectivity index (χ2v) is 5.79. The van der Waals surface area contributed by atoms with Crippen LogP contribution in [0, 0.1) is 0 Å². The molecule has 0 saturated carbocycles. The minimum Gasteiger partial charge on any atom is -0.378 e. The molecule has 0 radical (unpaired) electrons. The number of rotatable bonds is 3. The zero-order valence-corrected chi connectivity index (χ0v) is 16.2. The van der Waals surface area contributed by atoms with Gasteiger partial charge in [0, 0.05) is 43.1 Å². The number of hydrogen-bond acceptors (Lipinski definition) is 4. The van der Waals surface area contributed by atoms with Gasteiger partial charge in [0.15, 0.2) is 10.9 Å². The first-order chi connectivity index (χ1) is 11.1. The van der Waals surface area contributed by atoms with Crippen molar-refractivity contribution in [2.24, 2.45) is 5.73 Å². The normalized spacial score (nSPS) is 9.68. The molecule has 0 bridgehead atoms. The minimum atomic E-state index is 0. The summed E-state index contributed by atoms with van der Waals surface area (Å²) in [6, 6.07) is 12.3. The molecule has 132 valence electrons. The number of anilines is 2. The Morgan fingerprint density at radius 1 is 1.08 bits per heavy atom. The number of halogens is 2. The molecule has 3 N–H and O–H groups in total. The van der Waals surface area contributed by atoms with Crippen molar-refractivity contribution >= 4 is 64.6 Å². The molecular formula is C17H19Cl2N5S. The van der Waals surface area contributed by atoms with Gasteiger partial charge in [-0.25, -0.2) is 4.98 Å². The van der Waals surface area contributed by atoms with E-state index in [9.17, 15) is 0 Å². The van der Waals surface area contributed by atoms with Gasteiger partial charge in [-0.2, -0.15) is 0 Å². The zero-order chi connectivity index (χ0) is 16.4. The van der Waals surface area contributed by atoms with Crippen LogP contribution in [0.3, 0.4) is 0 Å². The van der Waals surface area contributed by atoms with E-state index in [4.69, 9.17) is 18.0 Å². The van der Waals surface area contributed by atoms with Crippen LogP contribution in [-0.4, -0.2) is 29.2 Å². The predicted molar refractivity (Wildman–Crippen MR) is 114 cm³/mol. The Morgan fingerprint density at radius 3 is 2.36 bits per heavy atom. The first-order valence-electron chi connectivity index (χ1n) is 7.14. The lowest BCUT2D eigenvalue weighted by atomic mass is 10.0. The number of nitrogens with two attached hydrogens (primary N) is 1. The Bertz CT molecular complexity index is 869. The Morgan fingerprint density at radius 2 is 1.76 bits per heavy atom. The minimum absolute atomic E-state index is 0. The average molecular weight is 396 g/mol. The van der Waals surface area contributed by atoms with Gasteiger partial charge in [0.2, 0.25) is 0 Å². The van der Waals surface area contributed by atoms with E-state index in [1.54, 1.807) is 6.20 Å². The van der Waals surface area contributed by atoms with Crippen molar-refractivity contribution in [1.29, 1.82) is 0 Å². The Balaban J connectivity index is 0.00000156.